The number of rotatable bonds is 6. The lowest BCUT2D eigenvalue weighted by Crippen LogP contribution is -2.25. The van der Waals surface area contributed by atoms with Crippen LogP contribution in [0.25, 0.3) is 0 Å². The van der Waals surface area contributed by atoms with Gasteiger partial charge in [0.25, 0.3) is 0 Å². The summed E-state index contributed by atoms with van der Waals surface area (Å²) in [6.07, 6.45) is 3.70. The first-order chi connectivity index (χ1) is 9.70. The highest BCUT2D eigenvalue weighted by molar-refractivity contribution is 9.10. The van der Waals surface area contributed by atoms with Gasteiger partial charge < -0.3 is 5.32 Å². The Morgan fingerprint density at radius 3 is 2.70 bits per heavy atom. The van der Waals surface area contributed by atoms with Gasteiger partial charge in [-0.1, -0.05) is 52.7 Å². The Bertz CT molecular complexity index is 542. The molecule has 1 atom stereocenters. The summed E-state index contributed by atoms with van der Waals surface area (Å²) < 4.78 is 1.14. The maximum atomic E-state index is 5.92. The van der Waals surface area contributed by atoms with Gasteiger partial charge >= 0.3 is 0 Å². The molecule has 106 valence electrons. The van der Waals surface area contributed by atoms with Gasteiger partial charge in [-0.3, -0.25) is 4.98 Å². The van der Waals surface area contributed by atoms with Gasteiger partial charge in [-0.15, -0.1) is 0 Å². The summed E-state index contributed by atoms with van der Waals surface area (Å²) in [5.41, 5.74) is 2.30. The SMILES string of the molecule is CCCNC(Cc1ccccc1Br)c1ccc(Cl)cn1. The van der Waals surface area contributed by atoms with E-state index in [1.807, 2.05) is 18.2 Å². The number of pyridine rings is 1. The Balaban J connectivity index is 2.19. The van der Waals surface area contributed by atoms with E-state index < -0.39 is 0 Å². The van der Waals surface area contributed by atoms with Crippen LogP contribution in [0.15, 0.2) is 47.1 Å². The molecule has 0 amide bonds. The molecule has 1 heterocycles. The fraction of sp³-hybridized carbons (Fsp3) is 0.312. The molecule has 0 saturated heterocycles. The normalized spacial score (nSPS) is 12.3. The third kappa shape index (κ3) is 4.30. The molecule has 0 aliphatic carbocycles. The van der Waals surface area contributed by atoms with E-state index in [9.17, 15) is 0 Å². The van der Waals surface area contributed by atoms with E-state index >= 15 is 0 Å². The molecule has 0 saturated carbocycles. The van der Waals surface area contributed by atoms with Crippen molar-refractivity contribution in [1.82, 2.24) is 10.3 Å². The standard InChI is InChI=1S/C16H18BrClN2/c1-2-9-19-16(15-8-7-13(18)11-20-15)10-12-5-3-4-6-14(12)17/h3-8,11,16,19H,2,9-10H2,1H3. The number of hydrogen-bond acceptors (Lipinski definition) is 2. The van der Waals surface area contributed by atoms with Crippen molar-refractivity contribution in [3.05, 3.63) is 63.3 Å². The number of aromatic nitrogens is 1. The van der Waals surface area contributed by atoms with E-state index in [-0.39, 0.29) is 6.04 Å². The number of halogens is 2. The van der Waals surface area contributed by atoms with Crippen LogP contribution in [0.1, 0.15) is 30.6 Å². The zero-order valence-electron chi connectivity index (χ0n) is 11.4. The Labute approximate surface area is 133 Å². The van der Waals surface area contributed by atoms with Crippen molar-refractivity contribution in [2.75, 3.05) is 6.54 Å². The van der Waals surface area contributed by atoms with E-state index in [1.165, 1.54) is 5.56 Å². The van der Waals surface area contributed by atoms with E-state index in [2.05, 4.69) is 51.4 Å². The fourth-order valence-corrected chi connectivity index (χ4v) is 2.64. The molecule has 4 heteroatoms. The zero-order valence-corrected chi connectivity index (χ0v) is 13.8. The molecule has 2 rings (SSSR count). The fourth-order valence-electron chi connectivity index (χ4n) is 2.08. The molecule has 1 unspecified atom stereocenters. The van der Waals surface area contributed by atoms with E-state index in [4.69, 9.17) is 11.6 Å². The summed E-state index contributed by atoms with van der Waals surface area (Å²) in [6.45, 7) is 3.14. The van der Waals surface area contributed by atoms with Crippen LogP contribution in [0.5, 0.6) is 0 Å². The average Bonchev–Trinajstić information content (AvgIpc) is 2.46. The molecular weight excluding hydrogens is 336 g/mol. The smallest absolute Gasteiger partial charge is 0.0589 e. The quantitative estimate of drug-likeness (QED) is 0.808. The van der Waals surface area contributed by atoms with Gasteiger partial charge in [0.2, 0.25) is 0 Å². The number of nitrogens with zero attached hydrogens (tertiary/aromatic N) is 1. The number of nitrogens with one attached hydrogen (secondary N) is 1. The predicted octanol–water partition coefficient (Wildman–Crippen LogP) is 4.78. The topological polar surface area (TPSA) is 24.9 Å². The Morgan fingerprint density at radius 1 is 1.25 bits per heavy atom. The van der Waals surface area contributed by atoms with Gasteiger partial charge in [-0.25, -0.2) is 0 Å². The predicted molar refractivity (Wildman–Crippen MR) is 88.1 cm³/mol. The first-order valence-electron chi connectivity index (χ1n) is 6.79. The van der Waals surface area contributed by atoms with Gasteiger partial charge in [-0.05, 0) is 43.1 Å². The summed E-state index contributed by atoms with van der Waals surface area (Å²) in [6, 6.07) is 12.4. The molecule has 0 aliphatic rings. The maximum Gasteiger partial charge on any atom is 0.0589 e. The minimum Gasteiger partial charge on any atom is -0.308 e. The monoisotopic (exact) mass is 352 g/mol. The Morgan fingerprint density at radius 2 is 2.05 bits per heavy atom. The van der Waals surface area contributed by atoms with Crippen LogP contribution in [0.4, 0.5) is 0 Å². The van der Waals surface area contributed by atoms with E-state index in [1.54, 1.807) is 6.20 Å². The molecule has 2 nitrogen and oxygen atoms in total. The lowest BCUT2D eigenvalue weighted by molar-refractivity contribution is 0.517. The molecule has 0 radical (unpaired) electrons. The largest absolute Gasteiger partial charge is 0.308 e. The lowest BCUT2D eigenvalue weighted by Gasteiger charge is -2.19. The molecule has 0 bridgehead atoms. The molecule has 0 fully saturated rings. The van der Waals surface area contributed by atoms with Crippen molar-refractivity contribution in [1.29, 1.82) is 0 Å². The van der Waals surface area contributed by atoms with Gasteiger partial charge in [0.05, 0.1) is 16.8 Å². The van der Waals surface area contributed by atoms with Crippen LogP contribution >= 0.6 is 27.5 Å². The van der Waals surface area contributed by atoms with E-state index in [0.29, 0.717) is 5.02 Å². The second-order valence-electron chi connectivity index (χ2n) is 4.70. The molecule has 1 aromatic heterocycles. The molecule has 20 heavy (non-hydrogen) atoms. The number of benzene rings is 1. The van der Waals surface area contributed by atoms with Crippen molar-refractivity contribution >= 4 is 27.5 Å². The minimum atomic E-state index is 0.200. The first kappa shape index (κ1) is 15.5. The van der Waals surface area contributed by atoms with Crippen molar-refractivity contribution in [2.45, 2.75) is 25.8 Å². The second kappa shape index (κ2) is 7.77. The average molecular weight is 354 g/mol. The highest BCUT2D eigenvalue weighted by Crippen LogP contribution is 2.23. The Hall–Kier alpha value is -0.900. The summed E-state index contributed by atoms with van der Waals surface area (Å²) in [5, 5.41) is 4.22. The summed E-state index contributed by atoms with van der Waals surface area (Å²) in [4.78, 5) is 4.45. The van der Waals surface area contributed by atoms with Crippen LogP contribution in [0, 0.1) is 0 Å². The van der Waals surface area contributed by atoms with Gasteiger partial charge in [-0.2, -0.15) is 0 Å². The zero-order chi connectivity index (χ0) is 14.4. The highest BCUT2D eigenvalue weighted by Gasteiger charge is 2.14. The lowest BCUT2D eigenvalue weighted by atomic mass is 10.0. The van der Waals surface area contributed by atoms with Gasteiger partial charge in [0, 0.05) is 10.7 Å². The third-order valence-corrected chi connectivity index (χ3v) is 4.13. The molecular formula is C16H18BrClN2. The van der Waals surface area contributed by atoms with Crippen molar-refractivity contribution < 1.29 is 0 Å². The highest BCUT2D eigenvalue weighted by atomic mass is 79.9. The van der Waals surface area contributed by atoms with Gasteiger partial charge in [0.15, 0.2) is 0 Å². The van der Waals surface area contributed by atoms with Crippen LogP contribution in [0.3, 0.4) is 0 Å². The van der Waals surface area contributed by atoms with Crippen molar-refractivity contribution in [3.63, 3.8) is 0 Å². The summed E-state index contributed by atoms with van der Waals surface area (Å²) >= 11 is 9.52. The Kier molecular flexibility index (Phi) is 6.02. The van der Waals surface area contributed by atoms with Crippen LogP contribution in [-0.2, 0) is 6.42 Å². The number of hydrogen-bond donors (Lipinski definition) is 1. The van der Waals surface area contributed by atoms with Crippen LogP contribution < -0.4 is 5.32 Å². The molecule has 1 aromatic carbocycles. The van der Waals surface area contributed by atoms with Crippen molar-refractivity contribution in [2.24, 2.45) is 0 Å². The van der Waals surface area contributed by atoms with Gasteiger partial charge in [0.1, 0.15) is 0 Å². The van der Waals surface area contributed by atoms with E-state index in [0.717, 1.165) is 29.6 Å². The van der Waals surface area contributed by atoms with Crippen LogP contribution in [-0.4, -0.2) is 11.5 Å². The first-order valence-corrected chi connectivity index (χ1v) is 7.96. The molecule has 2 aromatic rings. The summed E-state index contributed by atoms with van der Waals surface area (Å²) in [7, 11) is 0. The second-order valence-corrected chi connectivity index (χ2v) is 5.99. The minimum absolute atomic E-state index is 0.200. The van der Waals surface area contributed by atoms with Crippen molar-refractivity contribution in [3.8, 4) is 0 Å². The molecule has 0 spiro atoms. The van der Waals surface area contributed by atoms with Crippen LogP contribution in [0.2, 0.25) is 5.02 Å². The summed E-state index contributed by atoms with van der Waals surface area (Å²) in [5.74, 6) is 0. The molecule has 1 N–H and O–H groups in total. The molecule has 0 aliphatic heterocycles. The maximum absolute atomic E-state index is 5.92. The third-order valence-electron chi connectivity index (χ3n) is 3.13.